The number of imidazole rings is 1. The van der Waals surface area contributed by atoms with Gasteiger partial charge in [-0.15, -0.1) is 15.3 Å². The van der Waals surface area contributed by atoms with E-state index in [-0.39, 0.29) is 6.10 Å². The lowest BCUT2D eigenvalue weighted by Crippen LogP contribution is -2.35. The first kappa shape index (κ1) is 26.4. The average molecular weight is 601 g/mol. The van der Waals surface area contributed by atoms with E-state index in [0.29, 0.717) is 41.2 Å². The Balaban J connectivity index is 0.995. The number of aromatic amines is 1. The van der Waals surface area contributed by atoms with Crippen molar-refractivity contribution in [3.63, 3.8) is 0 Å². The largest absolute Gasteiger partial charge is 0.443 e. The average Bonchev–Trinajstić information content (AvgIpc) is 3.73. The number of likely N-dealkylation sites (tertiary alicyclic amines) is 1. The molecular weight excluding hydrogens is 572 g/mol. The first-order chi connectivity index (χ1) is 21.0. The zero-order valence-corrected chi connectivity index (χ0v) is 24.2. The van der Waals surface area contributed by atoms with Crippen LogP contribution < -0.4 is 9.47 Å². The number of benzene rings is 1. The van der Waals surface area contributed by atoms with Crippen molar-refractivity contribution in [1.82, 2.24) is 50.3 Å². The molecule has 0 spiro atoms. The zero-order chi connectivity index (χ0) is 29.0. The number of hydrogen-bond donors (Lipinski definition) is 1. The lowest BCUT2D eigenvalue weighted by Gasteiger charge is -2.33. The van der Waals surface area contributed by atoms with Crippen molar-refractivity contribution in [2.24, 2.45) is 0 Å². The van der Waals surface area contributed by atoms with Crippen LogP contribution in [-0.2, 0) is 23.6 Å². The number of aromatic nitrogens is 9. The fraction of sp³-hybridized carbons (Fsp3) is 0.414. The second-order valence-electron chi connectivity index (χ2n) is 11.3. The van der Waals surface area contributed by atoms with Crippen molar-refractivity contribution in [3.05, 3.63) is 64.7 Å². The minimum atomic E-state index is -1.00. The Morgan fingerprint density at radius 3 is 2.70 bits per heavy atom. The predicted molar refractivity (Wildman–Crippen MR) is 154 cm³/mol. The summed E-state index contributed by atoms with van der Waals surface area (Å²) in [7, 11) is 0. The first-order valence-electron chi connectivity index (χ1n) is 14.5. The van der Waals surface area contributed by atoms with Crippen LogP contribution in [0.15, 0.2) is 42.6 Å². The van der Waals surface area contributed by atoms with Crippen molar-refractivity contribution >= 4 is 22.8 Å². The lowest BCUT2D eigenvalue weighted by atomic mass is 9.88. The van der Waals surface area contributed by atoms with Gasteiger partial charge in [0.15, 0.2) is 23.0 Å². The number of rotatable bonds is 7. The van der Waals surface area contributed by atoms with E-state index in [9.17, 15) is 0 Å². The Kier molecular flexibility index (Phi) is 6.46. The van der Waals surface area contributed by atoms with Gasteiger partial charge in [0.2, 0.25) is 0 Å². The number of halogens is 1. The molecule has 220 valence electrons. The van der Waals surface area contributed by atoms with Gasteiger partial charge in [0.05, 0.1) is 24.2 Å². The Hall–Kier alpha value is -4.20. The summed E-state index contributed by atoms with van der Waals surface area (Å²) in [5.74, 6) is 2.31. The van der Waals surface area contributed by atoms with Crippen molar-refractivity contribution in [2.45, 2.75) is 57.1 Å². The minimum Gasteiger partial charge on any atom is -0.443 e. The number of nitrogens with zero attached hydrogens (tertiary/aromatic N) is 9. The van der Waals surface area contributed by atoms with Gasteiger partial charge in [-0.2, -0.15) is 0 Å². The first-order valence-corrected chi connectivity index (χ1v) is 14.8. The van der Waals surface area contributed by atoms with Crippen molar-refractivity contribution in [2.75, 3.05) is 19.7 Å². The van der Waals surface area contributed by atoms with Crippen LogP contribution in [0, 0.1) is 0 Å². The summed E-state index contributed by atoms with van der Waals surface area (Å²) in [4.78, 5) is 11.9. The predicted octanol–water partition coefficient (Wildman–Crippen LogP) is 3.87. The van der Waals surface area contributed by atoms with E-state index in [4.69, 9.17) is 30.8 Å². The summed E-state index contributed by atoms with van der Waals surface area (Å²) in [6, 6.07) is 11.7. The maximum atomic E-state index is 6.47. The van der Waals surface area contributed by atoms with E-state index in [1.807, 2.05) is 31.2 Å². The molecule has 2 saturated heterocycles. The third-order valence-corrected chi connectivity index (χ3v) is 8.76. The normalized spacial score (nSPS) is 22.2. The van der Waals surface area contributed by atoms with E-state index in [1.165, 1.54) is 5.56 Å². The van der Waals surface area contributed by atoms with Gasteiger partial charge in [-0.1, -0.05) is 23.7 Å². The highest BCUT2D eigenvalue weighted by Gasteiger charge is 2.42. The molecule has 0 radical (unpaired) electrons. The summed E-state index contributed by atoms with van der Waals surface area (Å²) in [6.45, 7) is 5.95. The second-order valence-corrected chi connectivity index (χ2v) is 11.8. The third kappa shape index (κ3) is 4.86. The highest BCUT2D eigenvalue weighted by molar-refractivity contribution is 6.30. The molecule has 3 aliphatic rings. The number of ether oxygens (including phenoxy) is 3. The van der Waals surface area contributed by atoms with Crippen LogP contribution in [-0.4, -0.2) is 76.1 Å². The number of H-pyrrole nitrogens is 1. The van der Waals surface area contributed by atoms with Crippen molar-refractivity contribution in [3.8, 4) is 23.0 Å². The van der Waals surface area contributed by atoms with Crippen LogP contribution >= 0.6 is 11.6 Å². The van der Waals surface area contributed by atoms with Gasteiger partial charge in [0.1, 0.15) is 22.7 Å². The molecule has 0 saturated carbocycles. The van der Waals surface area contributed by atoms with Gasteiger partial charge in [-0.05, 0) is 73.0 Å². The number of pyridine rings is 1. The van der Waals surface area contributed by atoms with Crippen molar-refractivity contribution < 1.29 is 14.2 Å². The Morgan fingerprint density at radius 1 is 1.07 bits per heavy atom. The highest BCUT2D eigenvalue weighted by Crippen LogP contribution is 2.49. The molecule has 0 aliphatic carbocycles. The van der Waals surface area contributed by atoms with Crippen LogP contribution in [0.25, 0.3) is 22.7 Å². The zero-order valence-electron chi connectivity index (χ0n) is 23.5. The monoisotopic (exact) mass is 600 g/mol. The SMILES string of the molecule is CC1(c2ccc(Cl)cn2)Oc2cccc(C3CCN(Cc4nc5cc(-c6nnn[nH]6)nnc5n4CC4CCO4)CC3)c2O1. The molecule has 0 amide bonds. The van der Waals surface area contributed by atoms with Gasteiger partial charge in [0.25, 0.3) is 5.79 Å². The van der Waals surface area contributed by atoms with Gasteiger partial charge in [-0.25, -0.2) is 10.1 Å². The molecule has 5 aromatic rings. The molecular formula is C29H29ClN10O3. The van der Waals surface area contributed by atoms with Gasteiger partial charge in [-0.3, -0.25) is 9.88 Å². The minimum absolute atomic E-state index is 0.165. The van der Waals surface area contributed by atoms with Crippen LogP contribution in [0.1, 0.15) is 49.2 Å². The smallest absolute Gasteiger partial charge is 0.292 e. The number of hydrogen-bond acceptors (Lipinski definition) is 11. The molecule has 2 fully saturated rings. The van der Waals surface area contributed by atoms with Crippen molar-refractivity contribution in [1.29, 1.82) is 0 Å². The fourth-order valence-electron chi connectivity index (χ4n) is 6.12. The summed E-state index contributed by atoms with van der Waals surface area (Å²) in [5.41, 5.74) is 3.92. The highest BCUT2D eigenvalue weighted by atomic mass is 35.5. The van der Waals surface area contributed by atoms with E-state index >= 15 is 0 Å². The maximum absolute atomic E-state index is 6.47. The van der Waals surface area contributed by atoms with E-state index in [1.54, 1.807) is 12.3 Å². The number of piperidine rings is 1. The summed E-state index contributed by atoms with van der Waals surface area (Å²) in [6.07, 6.45) is 4.79. The standard InChI is InChI=1S/C29H29ClN10O3/c1-29(24-6-5-18(30)14-31-24)42-23-4-2-3-20(26(23)43-29)17-7-10-39(11-8-17)16-25-32-22-13-21(27-34-37-38-35-27)33-36-28(22)40(25)15-19-9-12-41-19/h2-6,13-14,17,19H,7-12,15-16H2,1H3,(H,34,35,37,38). The Morgan fingerprint density at radius 2 is 1.95 bits per heavy atom. The topological polar surface area (TPSA) is 142 Å². The van der Waals surface area contributed by atoms with Crippen LogP contribution in [0.2, 0.25) is 5.02 Å². The number of para-hydroxylation sites is 1. The van der Waals surface area contributed by atoms with Crippen LogP contribution in [0.3, 0.4) is 0 Å². The molecule has 2 atom stereocenters. The molecule has 14 heteroatoms. The van der Waals surface area contributed by atoms with Crippen LogP contribution in [0.4, 0.5) is 0 Å². The quantitative estimate of drug-likeness (QED) is 0.291. The van der Waals surface area contributed by atoms with Gasteiger partial charge < -0.3 is 18.8 Å². The molecule has 0 bridgehead atoms. The maximum Gasteiger partial charge on any atom is 0.292 e. The van der Waals surface area contributed by atoms with E-state index in [0.717, 1.165) is 67.4 Å². The Bertz CT molecular complexity index is 1770. The molecule has 13 nitrogen and oxygen atoms in total. The molecule has 1 N–H and O–H groups in total. The second kappa shape index (κ2) is 10.5. The summed E-state index contributed by atoms with van der Waals surface area (Å²) < 4.78 is 20.7. The molecule has 3 aliphatic heterocycles. The van der Waals surface area contributed by atoms with E-state index < -0.39 is 5.79 Å². The van der Waals surface area contributed by atoms with Gasteiger partial charge in [0, 0.05) is 25.3 Å². The number of fused-ring (bicyclic) bond motifs is 2. The molecule has 8 rings (SSSR count). The molecule has 2 unspecified atom stereocenters. The van der Waals surface area contributed by atoms with E-state index in [2.05, 4.69) is 51.3 Å². The summed E-state index contributed by atoms with van der Waals surface area (Å²) in [5, 5.41) is 23.4. The Labute approximate surface area is 251 Å². The number of tetrazole rings is 1. The lowest BCUT2D eigenvalue weighted by molar-refractivity contribution is -0.0722. The van der Waals surface area contributed by atoms with Crippen LogP contribution in [0.5, 0.6) is 11.5 Å². The fourth-order valence-corrected chi connectivity index (χ4v) is 6.23. The van der Waals surface area contributed by atoms with Gasteiger partial charge >= 0.3 is 0 Å². The molecule has 1 aromatic carbocycles. The molecule has 7 heterocycles. The molecule has 4 aromatic heterocycles. The molecule has 43 heavy (non-hydrogen) atoms. The third-order valence-electron chi connectivity index (χ3n) is 8.54. The number of nitrogens with one attached hydrogen (secondary N) is 1. The summed E-state index contributed by atoms with van der Waals surface area (Å²) >= 11 is 6.06.